The molecule has 1 aromatic carbocycles. The van der Waals surface area contributed by atoms with Gasteiger partial charge in [0.2, 0.25) is 10.0 Å². The lowest BCUT2D eigenvalue weighted by molar-refractivity contribution is 0.117. The molecule has 0 aromatic heterocycles. The second-order valence-corrected chi connectivity index (χ2v) is 6.68. The predicted octanol–water partition coefficient (Wildman–Crippen LogP) is 0.234. The van der Waals surface area contributed by atoms with Crippen molar-refractivity contribution in [2.75, 3.05) is 26.3 Å². The third-order valence-electron chi connectivity index (χ3n) is 3.48. The van der Waals surface area contributed by atoms with Crippen molar-refractivity contribution in [3.05, 3.63) is 23.8 Å². The molecule has 98 valence electrons. The molecule has 0 unspecified atom stereocenters. The molecule has 2 aliphatic rings. The van der Waals surface area contributed by atoms with Gasteiger partial charge < -0.3 is 9.84 Å². The molecule has 5 nitrogen and oxygen atoms in total. The lowest BCUT2D eigenvalue weighted by Gasteiger charge is -2.36. The highest BCUT2D eigenvalue weighted by atomic mass is 32.2. The summed E-state index contributed by atoms with van der Waals surface area (Å²) in [5.41, 5.74) is 0.954. The number of hydrogen-bond acceptors (Lipinski definition) is 4. The number of benzene rings is 1. The number of hydrogen-bond donors (Lipinski definition) is 1. The van der Waals surface area contributed by atoms with Gasteiger partial charge in [0.15, 0.2) is 0 Å². The molecule has 1 fully saturated rings. The lowest BCUT2D eigenvalue weighted by Crippen LogP contribution is -2.51. The molecule has 0 radical (unpaired) electrons. The van der Waals surface area contributed by atoms with Crippen LogP contribution in [0.2, 0.25) is 0 Å². The molecular formula is C12H15NO4S. The number of nitrogens with zero attached hydrogens (tertiary/aromatic N) is 1. The summed E-state index contributed by atoms with van der Waals surface area (Å²) in [4.78, 5) is 0.322. The number of fused-ring (bicyclic) bond motifs is 1. The van der Waals surface area contributed by atoms with Crippen molar-refractivity contribution in [2.24, 2.45) is 5.92 Å². The average Bonchev–Trinajstić information content (AvgIpc) is 2.73. The Morgan fingerprint density at radius 2 is 2.17 bits per heavy atom. The van der Waals surface area contributed by atoms with Crippen molar-refractivity contribution in [3.8, 4) is 5.75 Å². The van der Waals surface area contributed by atoms with Crippen LogP contribution in [0.15, 0.2) is 23.1 Å². The third kappa shape index (κ3) is 1.81. The summed E-state index contributed by atoms with van der Waals surface area (Å²) in [7, 11) is -3.40. The van der Waals surface area contributed by atoms with Gasteiger partial charge in [0.1, 0.15) is 5.75 Å². The van der Waals surface area contributed by atoms with E-state index in [0.717, 1.165) is 17.7 Å². The van der Waals surface area contributed by atoms with Crippen LogP contribution < -0.4 is 4.74 Å². The summed E-state index contributed by atoms with van der Waals surface area (Å²) in [6.07, 6.45) is 0.762. The van der Waals surface area contributed by atoms with Gasteiger partial charge in [0.25, 0.3) is 0 Å². The largest absolute Gasteiger partial charge is 0.493 e. The van der Waals surface area contributed by atoms with Crippen molar-refractivity contribution in [1.82, 2.24) is 4.31 Å². The molecule has 0 atom stereocenters. The maximum absolute atomic E-state index is 12.3. The van der Waals surface area contributed by atoms with Crippen LogP contribution in [0.5, 0.6) is 5.75 Å². The first-order valence-electron chi connectivity index (χ1n) is 5.98. The van der Waals surface area contributed by atoms with Crippen LogP contribution >= 0.6 is 0 Å². The number of aliphatic hydroxyl groups excluding tert-OH is 1. The molecule has 0 amide bonds. The Kier molecular flexibility index (Phi) is 2.80. The zero-order valence-corrected chi connectivity index (χ0v) is 10.7. The minimum absolute atomic E-state index is 0.0457. The zero-order chi connectivity index (χ0) is 12.8. The first kappa shape index (κ1) is 12.0. The summed E-state index contributed by atoms with van der Waals surface area (Å²) in [6.45, 7) is 1.48. The highest BCUT2D eigenvalue weighted by Gasteiger charge is 2.36. The van der Waals surface area contributed by atoms with Crippen LogP contribution in [-0.4, -0.2) is 44.1 Å². The van der Waals surface area contributed by atoms with Gasteiger partial charge in [0, 0.05) is 32.0 Å². The topological polar surface area (TPSA) is 66.8 Å². The van der Waals surface area contributed by atoms with Gasteiger partial charge in [-0.2, -0.15) is 4.31 Å². The SMILES string of the molecule is O=S(=O)(c1ccc2c(c1)CCO2)N1CC(CO)C1. The standard InChI is InChI=1S/C12H15NO4S/c14-8-9-6-13(7-9)18(15,16)11-1-2-12-10(5-11)3-4-17-12/h1-2,5,9,14H,3-4,6-8H2. The fraction of sp³-hybridized carbons (Fsp3) is 0.500. The molecule has 6 heteroatoms. The summed E-state index contributed by atoms with van der Waals surface area (Å²) in [5.74, 6) is 0.864. The van der Waals surface area contributed by atoms with Crippen LogP contribution in [0.3, 0.4) is 0 Å². The molecule has 1 saturated heterocycles. The zero-order valence-electron chi connectivity index (χ0n) is 9.87. The highest BCUT2D eigenvalue weighted by molar-refractivity contribution is 7.89. The first-order chi connectivity index (χ1) is 8.61. The number of sulfonamides is 1. The summed E-state index contributed by atoms with van der Waals surface area (Å²) in [6, 6.07) is 5.01. The van der Waals surface area contributed by atoms with E-state index < -0.39 is 10.0 Å². The van der Waals surface area contributed by atoms with E-state index in [9.17, 15) is 8.42 Å². The van der Waals surface area contributed by atoms with Crippen LogP contribution in [0.25, 0.3) is 0 Å². The molecule has 2 heterocycles. The minimum Gasteiger partial charge on any atom is -0.493 e. The minimum atomic E-state index is -3.40. The van der Waals surface area contributed by atoms with Crippen LogP contribution in [0, 0.1) is 5.92 Å². The molecule has 0 aliphatic carbocycles. The van der Waals surface area contributed by atoms with Gasteiger partial charge in [0.05, 0.1) is 11.5 Å². The van der Waals surface area contributed by atoms with Gasteiger partial charge in [-0.1, -0.05) is 0 Å². The summed E-state index contributed by atoms with van der Waals surface area (Å²) < 4.78 is 31.3. The van der Waals surface area contributed by atoms with E-state index in [1.165, 1.54) is 4.31 Å². The molecule has 0 saturated carbocycles. The maximum Gasteiger partial charge on any atom is 0.243 e. The van der Waals surface area contributed by atoms with E-state index in [-0.39, 0.29) is 12.5 Å². The van der Waals surface area contributed by atoms with E-state index in [2.05, 4.69) is 0 Å². The van der Waals surface area contributed by atoms with Crippen molar-refractivity contribution in [2.45, 2.75) is 11.3 Å². The maximum atomic E-state index is 12.3. The normalized spacial score (nSPS) is 20.3. The van der Waals surface area contributed by atoms with E-state index in [4.69, 9.17) is 9.84 Å². The Morgan fingerprint density at radius 3 is 2.89 bits per heavy atom. The average molecular weight is 269 g/mol. The molecule has 0 spiro atoms. The van der Waals surface area contributed by atoms with Crippen molar-refractivity contribution in [1.29, 1.82) is 0 Å². The molecular weight excluding hydrogens is 254 g/mol. The van der Waals surface area contributed by atoms with Gasteiger partial charge in [-0.05, 0) is 23.8 Å². The monoisotopic (exact) mass is 269 g/mol. The van der Waals surface area contributed by atoms with Gasteiger partial charge in [-0.25, -0.2) is 8.42 Å². The van der Waals surface area contributed by atoms with Crippen LogP contribution in [-0.2, 0) is 16.4 Å². The summed E-state index contributed by atoms with van der Waals surface area (Å²) in [5, 5.41) is 8.93. The fourth-order valence-electron chi connectivity index (χ4n) is 2.31. The van der Waals surface area contributed by atoms with Crippen molar-refractivity contribution in [3.63, 3.8) is 0 Å². The Morgan fingerprint density at radius 1 is 1.39 bits per heavy atom. The molecule has 0 bridgehead atoms. The highest BCUT2D eigenvalue weighted by Crippen LogP contribution is 2.30. The van der Waals surface area contributed by atoms with Crippen LogP contribution in [0.1, 0.15) is 5.56 Å². The van der Waals surface area contributed by atoms with Crippen molar-refractivity contribution >= 4 is 10.0 Å². The Bertz CT molecular complexity index is 563. The quantitative estimate of drug-likeness (QED) is 0.853. The first-order valence-corrected chi connectivity index (χ1v) is 7.42. The second-order valence-electron chi connectivity index (χ2n) is 4.74. The Labute approximate surface area is 106 Å². The molecule has 1 aromatic rings. The predicted molar refractivity (Wildman–Crippen MR) is 65.0 cm³/mol. The molecule has 1 N–H and O–H groups in total. The Balaban J connectivity index is 1.86. The van der Waals surface area contributed by atoms with E-state index in [1.807, 2.05) is 0 Å². The smallest absolute Gasteiger partial charge is 0.243 e. The van der Waals surface area contributed by atoms with Crippen LogP contribution in [0.4, 0.5) is 0 Å². The molecule has 3 rings (SSSR count). The number of rotatable bonds is 3. The van der Waals surface area contributed by atoms with Gasteiger partial charge >= 0.3 is 0 Å². The third-order valence-corrected chi connectivity index (χ3v) is 5.31. The number of aliphatic hydroxyl groups is 1. The second kappa shape index (κ2) is 4.22. The molecule has 18 heavy (non-hydrogen) atoms. The van der Waals surface area contributed by atoms with E-state index in [1.54, 1.807) is 18.2 Å². The molecule has 2 aliphatic heterocycles. The Hall–Kier alpha value is -1.11. The number of ether oxygens (including phenoxy) is 1. The van der Waals surface area contributed by atoms with E-state index in [0.29, 0.717) is 24.6 Å². The lowest BCUT2D eigenvalue weighted by atomic mass is 10.1. The van der Waals surface area contributed by atoms with Gasteiger partial charge in [-0.15, -0.1) is 0 Å². The fourth-order valence-corrected chi connectivity index (χ4v) is 3.95. The van der Waals surface area contributed by atoms with E-state index >= 15 is 0 Å². The van der Waals surface area contributed by atoms with Crippen molar-refractivity contribution < 1.29 is 18.3 Å². The summed E-state index contributed by atoms with van der Waals surface area (Å²) >= 11 is 0. The van der Waals surface area contributed by atoms with Gasteiger partial charge in [-0.3, -0.25) is 0 Å².